The van der Waals surface area contributed by atoms with Gasteiger partial charge in [-0.15, -0.1) is 0 Å². The number of rotatable bonds is 7. The molecule has 0 N–H and O–H groups in total. The van der Waals surface area contributed by atoms with Gasteiger partial charge in [-0.25, -0.2) is 0 Å². The zero-order chi connectivity index (χ0) is 16.9. The molecule has 24 heavy (non-hydrogen) atoms. The van der Waals surface area contributed by atoms with Gasteiger partial charge in [0.15, 0.2) is 6.29 Å². The summed E-state index contributed by atoms with van der Waals surface area (Å²) < 4.78 is 11.4. The van der Waals surface area contributed by atoms with Crippen LogP contribution in [-0.4, -0.2) is 25.4 Å². The number of hydrogen-bond acceptors (Lipinski definition) is 3. The molecule has 1 saturated heterocycles. The van der Waals surface area contributed by atoms with Gasteiger partial charge in [0.25, 0.3) is 0 Å². The molecule has 0 bridgehead atoms. The maximum absolute atomic E-state index is 12.9. The van der Waals surface area contributed by atoms with E-state index in [0.29, 0.717) is 13.2 Å². The Morgan fingerprint density at radius 1 is 0.917 bits per heavy atom. The molecule has 3 rings (SSSR count). The number of carbonyl (C=O) groups is 1. The smallest absolute Gasteiger partial charge is 0.238 e. The summed E-state index contributed by atoms with van der Waals surface area (Å²) in [5.41, 5.74) is 2.00. The number of hydrogen-bond donors (Lipinski definition) is 0. The molecule has 0 radical (unpaired) electrons. The number of benzene rings is 2. The summed E-state index contributed by atoms with van der Waals surface area (Å²) in [6.07, 6.45) is -0.516. The molecule has 0 spiro atoms. The first-order valence-electron chi connectivity index (χ1n) is 8.44. The monoisotopic (exact) mass is 325 g/mol. The number of amides is 1. The van der Waals surface area contributed by atoms with E-state index in [4.69, 9.17) is 9.47 Å². The van der Waals surface area contributed by atoms with E-state index in [1.807, 2.05) is 67.3 Å². The Balaban J connectivity index is 1.95. The molecule has 2 aromatic rings. The summed E-state index contributed by atoms with van der Waals surface area (Å²) in [6.45, 7) is 4.87. The van der Waals surface area contributed by atoms with Crippen LogP contribution in [0.15, 0.2) is 60.7 Å². The van der Waals surface area contributed by atoms with Crippen molar-refractivity contribution in [2.24, 2.45) is 5.92 Å². The van der Waals surface area contributed by atoms with Crippen molar-refractivity contribution in [2.45, 2.75) is 26.2 Å². The third-order valence-electron chi connectivity index (χ3n) is 4.27. The molecular formula is C20H23NO3. The second kappa shape index (κ2) is 7.60. The lowest BCUT2D eigenvalue weighted by molar-refractivity contribution is -0.189. The van der Waals surface area contributed by atoms with Crippen LogP contribution in [0.25, 0.3) is 0 Å². The fraction of sp³-hybridized carbons (Fsp3) is 0.350. The average Bonchev–Trinajstić information content (AvgIpc) is 2.61. The van der Waals surface area contributed by atoms with Crippen LogP contribution >= 0.6 is 0 Å². The molecule has 2 aromatic carbocycles. The Morgan fingerprint density at radius 2 is 1.46 bits per heavy atom. The Labute approximate surface area is 143 Å². The van der Waals surface area contributed by atoms with Gasteiger partial charge in [-0.05, 0) is 31.5 Å². The van der Waals surface area contributed by atoms with Crippen LogP contribution in [-0.2, 0) is 14.3 Å². The highest BCUT2D eigenvalue weighted by molar-refractivity contribution is 6.03. The topological polar surface area (TPSA) is 38.8 Å². The maximum Gasteiger partial charge on any atom is 0.238 e. The van der Waals surface area contributed by atoms with Crippen molar-refractivity contribution < 1.29 is 14.3 Å². The molecule has 0 aromatic heterocycles. The summed E-state index contributed by atoms with van der Waals surface area (Å²) in [6, 6.07) is 19.7. The number of β-lactam (4-membered cyclic amide) rings is 1. The van der Waals surface area contributed by atoms with Crippen molar-refractivity contribution in [1.82, 2.24) is 0 Å². The Hall–Kier alpha value is -2.17. The van der Waals surface area contributed by atoms with Crippen molar-refractivity contribution in [1.29, 1.82) is 0 Å². The van der Waals surface area contributed by atoms with Crippen LogP contribution in [0.4, 0.5) is 5.69 Å². The summed E-state index contributed by atoms with van der Waals surface area (Å²) >= 11 is 0. The highest BCUT2D eigenvalue weighted by Crippen LogP contribution is 2.45. The molecule has 1 amide bonds. The number of carbonyl (C=O) groups excluding carboxylic acids is 1. The van der Waals surface area contributed by atoms with E-state index in [9.17, 15) is 4.79 Å². The lowest BCUT2D eigenvalue weighted by Gasteiger charge is -2.49. The largest absolute Gasteiger partial charge is 0.352 e. The zero-order valence-corrected chi connectivity index (χ0v) is 14.1. The molecule has 0 unspecified atom stereocenters. The molecule has 1 heterocycles. The second-order valence-corrected chi connectivity index (χ2v) is 5.70. The van der Waals surface area contributed by atoms with Crippen LogP contribution in [0.3, 0.4) is 0 Å². The fourth-order valence-electron chi connectivity index (χ4n) is 3.24. The van der Waals surface area contributed by atoms with Crippen molar-refractivity contribution >= 4 is 11.6 Å². The first kappa shape index (κ1) is 16.7. The molecule has 1 fully saturated rings. The van der Waals surface area contributed by atoms with Gasteiger partial charge in [0.1, 0.15) is 5.92 Å². The van der Waals surface area contributed by atoms with Crippen molar-refractivity contribution in [3.8, 4) is 0 Å². The SMILES string of the molecule is CCOC(OCC)[C@H]1C(=O)N(c2ccccc2)[C@H]1c1ccccc1. The highest BCUT2D eigenvalue weighted by Gasteiger charge is 2.53. The van der Waals surface area contributed by atoms with Gasteiger partial charge in [-0.1, -0.05) is 48.5 Å². The Bertz CT molecular complexity index is 653. The van der Waals surface area contributed by atoms with Gasteiger partial charge in [-0.2, -0.15) is 0 Å². The molecular weight excluding hydrogens is 302 g/mol. The first-order chi connectivity index (χ1) is 11.8. The minimum atomic E-state index is -0.516. The molecule has 4 heteroatoms. The Kier molecular flexibility index (Phi) is 5.28. The van der Waals surface area contributed by atoms with Crippen molar-refractivity contribution in [3.63, 3.8) is 0 Å². The predicted octanol–water partition coefficient (Wildman–Crippen LogP) is 3.79. The summed E-state index contributed by atoms with van der Waals surface area (Å²) in [5.74, 6) is -0.283. The van der Waals surface area contributed by atoms with Crippen molar-refractivity contribution in [2.75, 3.05) is 18.1 Å². The molecule has 126 valence electrons. The molecule has 2 atom stereocenters. The predicted molar refractivity (Wildman–Crippen MR) is 93.6 cm³/mol. The van der Waals surface area contributed by atoms with Gasteiger partial charge in [0, 0.05) is 18.9 Å². The number of ether oxygens (including phenoxy) is 2. The summed E-state index contributed by atoms with van der Waals surface area (Å²) in [7, 11) is 0. The third-order valence-corrected chi connectivity index (χ3v) is 4.27. The summed E-state index contributed by atoms with van der Waals surface area (Å²) in [4.78, 5) is 14.7. The molecule has 1 aliphatic rings. The van der Waals surface area contributed by atoms with E-state index in [1.165, 1.54) is 0 Å². The van der Waals surface area contributed by atoms with E-state index in [-0.39, 0.29) is 17.9 Å². The number of para-hydroxylation sites is 1. The normalized spacial score (nSPS) is 20.3. The van der Waals surface area contributed by atoms with E-state index >= 15 is 0 Å². The minimum absolute atomic E-state index is 0.0435. The molecule has 1 aliphatic heterocycles. The van der Waals surface area contributed by atoms with Gasteiger partial charge in [0.2, 0.25) is 5.91 Å². The van der Waals surface area contributed by atoms with Gasteiger partial charge < -0.3 is 14.4 Å². The molecule has 0 aliphatic carbocycles. The second-order valence-electron chi connectivity index (χ2n) is 5.70. The quantitative estimate of drug-likeness (QED) is 0.574. The highest BCUT2D eigenvalue weighted by atomic mass is 16.7. The Morgan fingerprint density at radius 3 is 2.00 bits per heavy atom. The molecule has 0 saturated carbocycles. The maximum atomic E-state index is 12.9. The van der Waals surface area contributed by atoms with Gasteiger partial charge in [-0.3, -0.25) is 4.79 Å². The van der Waals surface area contributed by atoms with E-state index in [1.54, 1.807) is 0 Å². The lowest BCUT2D eigenvalue weighted by atomic mass is 9.81. The summed E-state index contributed by atoms with van der Waals surface area (Å²) in [5, 5.41) is 0. The zero-order valence-electron chi connectivity index (χ0n) is 14.1. The van der Waals surface area contributed by atoms with E-state index in [2.05, 4.69) is 12.1 Å². The van der Waals surface area contributed by atoms with Gasteiger partial charge >= 0.3 is 0 Å². The van der Waals surface area contributed by atoms with Gasteiger partial charge in [0.05, 0.1) is 6.04 Å². The first-order valence-corrected chi connectivity index (χ1v) is 8.44. The van der Waals surface area contributed by atoms with E-state index in [0.717, 1.165) is 11.3 Å². The standard InChI is InChI=1S/C20H23NO3/c1-3-23-20(24-4-2)17-18(15-11-7-5-8-12-15)21(19(17)22)16-13-9-6-10-14-16/h5-14,17-18,20H,3-4H2,1-2H3/t17-,18+/m1/s1. The van der Waals surface area contributed by atoms with E-state index < -0.39 is 6.29 Å². The van der Waals surface area contributed by atoms with Crippen LogP contribution in [0.5, 0.6) is 0 Å². The van der Waals surface area contributed by atoms with Crippen LogP contribution < -0.4 is 4.90 Å². The molecule has 4 nitrogen and oxygen atoms in total. The van der Waals surface area contributed by atoms with Crippen LogP contribution in [0.1, 0.15) is 25.5 Å². The van der Waals surface area contributed by atoms with Crippen LogP contribution in [0.2, 0.25) is 0 Å². The lowest BCUT2D eigenvalue weighted by Crippen LogP contribution is -2.60. The number of nitrogens with zero attached hydrogens (tertiary/aromatic N) is 1. The van der Waals surface area contributed by atoms with Crippen LogP contribution in [0, 0.1) is 5.92 Å². The fourth-order valence-corrected chi connectivity index (χ4v) is 3.24. The van der Waals surface area contributed by atoms with Crippen molar-refractivity contribution in [3.05, 3.63) is 66.2 Å². The minimum Gasteiger partial charge on any atom is -0.352 e. The third kappa shape index (κ3) is 3.07. The average molecular weight is 325 g/mol. The number of anilines is 1.